The highest BCUT2D eigenvalue weighted by Gasteiger charge is 2.31. The van der Waals surface area contributed by atoms with Crippen molar-refractivity contribution in [3.8, 4) is 0 Å². The summed E-state index contributed by atoms with van der Waals surface area (Å²) >= 11 is 0. The minimum absolute atomic E-state index is 0. The van der Waals surface area contributed by atoms with Crippen molar-refractivity contribution in [2.24, 2.45) is 0 Å². The predicted molar refractivity (Wildman–Crippen MR) is 93.0 cm³/mol. The Balaban J connectivity index is 0.00000264. The Morgan fingerprint density at radius 1 is 0.870 bits per heavy atom. The highest BCUT2D eigenvalue weighted by Crippen LogP contribution is 2.32. The molecule has 0 aromatic heterocycles. The first-order valence-corrected chi connectivity index (χ1v) is 7.27. The first-order valence-electron chi connectivity index (χ1n) is 7.27. The monoisotopic (exact) mass is 341 g/mol. The second-order valence-electron chi connectivity index (χ2n) is 5.65. The van der Waals surface area contributed by atoms with Crippen molar-refractivity contribution in [1.29, 1.82) is 0 Å². The van der Waals surface area contributed by atoms with Crippen molar-refractivity contribution in [1.82, 2.24) is 5.32 Å². The number of benzene rings is 2. The third kappa shape index (κ3) is 5.29. The van der Waals surface area contributed by atoms with Crippen LogP contribution in [-0.4, -0.2) is 0 Å². The molecule has 0 saturated carbocycles. The van der Waals surface area contributed by atoms with Crippen LogP contribution in [0.3, 0.4) is 0 Å². The quantitative estimate of drug-likeness (QED) is 0.770. The Morgan fingerprint density at radius 2 is 1.43 bits per heavy atom. The molecule has 2 rings (SSSR count). The lowest BCUT2D eigenvalue weighted by atomic mass is 10.00. The van der Waals surface area contributed by atoms with Crippen LogP contribution < -0.4 is 5.32 Å². The number of alkyl halides is 3. The average Bonchev–Trinajstić information content (AvgIpc) is 2.46. The third-order valence-corrected chi connectivity index (χ3v) is 3.73. The Kier molecular flexibility index (Phi) is 6.71. The van der Waals surface area contributed by atoms with E-state index in [1.807, 2.05) is 44.2 Å². The van der Waals surface area contributed by atoms with Crippen LogP contribution in [0.1, 0.15) is 48.2 Å². The van der Waals surface area contributed by atoms with E-state index in [4.69, 9.17) is 0 Å². The molecule has 5 heteroatoms. The SMILES string of the molecule is Cc1cc(C(C)NC(C)c2ccccc2)cc(C(F)(F)F)c1.S. The summed E-state index contributed by atoms with van der Waals surface area (Å²) in [4.78, 5) is 0. The lowest BCUT2D eigenvalue weighted by Gasteiger charge is -2.22. The summed E-state index contributed by atoms with van der Waals surface area (Å²) in [5, 5.41) is 3.35. The molecule has 23 heavy (non-hydrogen) atoms. The van der Waals surface area contributed by atoms with Gasteiger partial charge in [0, 0.05) is 12.1 Å². The number of rotatable bonds is 4. The Bertz CT molecular complexity index is 626. The van der Waals surface area contributed by atoms with Gasteiger partial charge in [0.2, 0.25) is 0 Å². The fraction of sp³-hybridized carbons (Fsp3) is 0.333. The first-order chi connectivity index (χ1) is 10.3. The van der Waals surface area contributed by atoms with Crippen LogP contribution in [0.2, 0.25) is 0 Å². The maximum Gasteiger partial charge on any atom is 0.416 e. The van der Waals surface area contributed by atoms with E-state index in [0.29, 0.717) is 11.1 Å². The number of hydrogen-bond donors (Lipinski definition) is 1. The molecule has 2 unspecified atom stereocenters. The van der Waals surface area contributed by atoms with Crippen molar-refractivity contribution in [2.75, 3.05) is 0 Å². The zero-order chi connectivity index (χ0) is 16.3. The second kappa shape index (κ2) is 7.88. The molecule has 0 heterocycles. The molecule has 2 aromatic carbocycles. The largest absolute Gasteiger partial charge is 0.416 e. The van der Waals surface area contributed by atoms with E-state index in [9.17, 15) is 13.2 Å². The molecule has 0 spiro atoms. The van der Waals surface area contributed by atoms with E-state index in [0.717, 1.165) is 5.56 Å². The Labute approximate surface area is 142 Å². The summed E-state index contributed by atoms with van der Waals surface area (Å²) in [6, 6.07) is 13.9. The molecule has 0 fully saturated rings. The molecule has 1 nitrogen and oxygen atoms in total. The topological polar surface area (TPSA) is 12.0 Å². The minimum Gasteiger partial charge on any atom is -0.304 e. The second-order valence-corrected chi connectivity index (χ2v) is 5.65. The zero-order valence-electron chi connectivity index (χ0n) is 13.4. The lowest BCUT2D eigenvalue weighted by molar-refractivity contribution is -0.137. The maximum atomic E-state index is 12.9. The first kappa shape index (κ1) is 19.6. The van der Waals surface area contributed by atoms with Gasteiger partial charge < -0.3 is 5.32 Å². The van der Waals surface area contributed by atoms with Crippen molar-refractivity contribution < 1.29 is 13.2 Å². The standard InChI is InChI=1S/C18H20F3N.H2S/c1-12-9-16(11-17(10-12)18(19,20)21)14(3)22-13(2)15-7-5-4-6-8-15;/h4-11,13-14,22H,1-3H3;1H2. The van der Waals surface area contributed by atoms with Gasteiger partial charge in [0.05, 0.1) is 5.56 Å². The van der Waals surface area contributed by atoms with Gasteiger partial charge in [-0.2, -0.15) is 26.7 Å². The summed E-state index contributed by atoms with van der Waals surface area (Å²) in [6.07, 6.45) is -4.31. The highest BCUT2D eigenvalue weighted by molar-refractivity contribution is 7.59. The van der Waals surface area contributed by atoms with E-state index in [1.165, 1.54) is 12.1 Å². The van der Waals surface area contributed by atoms with E-state index >= 15 is 0 Å². The van der Waals surface area contributed by atoms with Crippen molar-refractivity contribution in [3.05, 3.63) is 70.8 Å². The average molecular weight is 341 g/mol. The summed E-state index contributed by atoms with van der Waals surface area (Å²) in [5.41, 5.74) is 1.78. The van der Waals surface area contributed by atoms with Crippen LogP contribution in [0.25, 0.3) is 0 Å². The highest BCUT2D eigenvalue weighted by atomic mass is 32.1. The molecule has 2 aromatic rings. The van der Waals surface area contributed by atoms with Crippen LogP contribution in [0.4, 0.5) is 13.2 Å². The molecule has 0 bridgehead atoms. The van der Waals surface area contributed by atoms with Gasteiger partial charge >= 0.3 is 6.18 Å². The van der Waals surface area contributed by atoms with Crippen LogP contribution in [-0.2, 0) is 6.18 Å². The van der Waals surface area contributed by atoms with Crippen molar-refractivity contribution >= 4 is 13.5 Å². The number of nitrogens with one attached hydrogen (secondary N) is 1. The van der Waals surface area contributed by atoms with E-state index < -0.39 is 11.7 Å². The van der Waals surface area contributed by atoms with Gasteiger partial charge in [-0.15, -0.1) is 0 Å². The van der Waals surface area contributed by atoms with Gasteiger partial charge in [-0.25, -0.2) is 0 Å². The molecule has 0 amide bonds. The van der Waals surface area contributed by atoms with Gasteiger partial charge in [0.1, 0.15) is 0 Å². The molecule has 1 N–H and O–H groups in total. The fourth-order valence-corrected chi connectivity index (χ4v) is 2.54. The molecule has 0 saturated heterocycles. The molecule has 2 atom stereocenters. The van der Waals surface area contributed by atoms with Crippen LogP contribution in [0.15, 0.2) is 48.5 Å². The number of halogens is 3. The van der Waals surface area contributed by atoms with Gasteiger partial charge in [-0.05, 0) is 44.0 Å². The summed E-state index contributed by atoms with van der Waals surface area (Å²) in [5.74, 6) is 0. The lowest BCUT2D eigenvalue weighted by Crippen LogP contribution is -2.23. The van der Waals surface area contributed by atoms with Gasteiger partial charge in [-0.3, -0.25) is 0 Å². The van der Waals surface area contributed by atoms with E-state index in [2.05, 4.69) is 5.32 Å². The predicted octanol–water partition coefficient (Wildman–Crippen LogP) is 5.54. The molecule has 0 aliphatic rings. The van der Waals surface area contributed by atoms with Crippen molar-refractivity contribution in [3.63, 3.8) is 0 Å². The van der Waals surface area contributed by atoms with Crippen LogP contribution in [0.5, 0.6) is 0 Å². The molecule has 0 aliphatic heterocycles. The van der Waals surface area contributed by atoms with Crippen LogP contribution >= 0.6 is 13.5 Å². The summed E-state index contributed by atoms with van der Waals surface area (Å²) < 4.78 is 38.8. The summed E-state index contributed by atoms with van der Waals surface area (Å²) in [6.45, 7) is 5.58. The van der Waals surface area contributed by atoms with E-state index in [-0.39, 0.29) is 25.6 Å². The third-order valence-electron chi connectivity index (χ3n) is 3.73. The summed E-state index contributed by atoms with van der Waals surface area (Å²) in [7, 11) is 0. The molecule has 0 radical (unpaired) electrons. The zero-order valence-corrected chi connectivity index (χ0v) is 14.4. The fourth-order valence-electron chi connectivity index (χ4n) is 2.54. The van der Waals surface area contributed by atoms with Gasteiger partial charge in [0.25, 0.3) is 0 Å². The molecule has 0 aliphatic carbocycles. The van der Waals surface area contributed by atoms with E-state index in [1.54, 1.807) is 13.0 Å². The van der Waals surface area contributed by atoms with Gasteiger partial charge in [0.15, 0.2) is 0 Å². The molecule has 126 valence electrons. The number of hydrogen-bond acceptors (Lipinski definition) is 1. The Hall–Kier alpha value is -1.46. The minimum atomic E-state index is -4.31. The van der Waals surface area contributed by atoms with Gasteiger partial charge in [-0.1, -0.05) is 42.0 Å². The Morgan fingerprint density at radius 3 is 2.00 bits per heavy atom. The van der Waals surface area contributed by atoms with Crippen LogP contribution in [0, 0.1) is 6.92 Å². The maximum absolute atomic E-state index is 12.9. The van der Waals surface area contributed by atoms with Crippen molar-refractivity contribution in [2.45, 2.75) is 39.0 Å². The number of aryl methyl sites for hydroxylation is 1. The molecular weight excluding hydrogens is 319 g/mol. The smallest absolute Gasteiger partial charge is 0.304 e. The molecular formula is C18H22F3NS. The normalized spacial score (nSPS) is 14.0.